The lowest BCUT2D eigenvalue weighted by molar-refractivity contribution is -0.121. The van der Waals surface area contributed by atoms with Crippen LogP contribution in [0.4, 0.5) is 0 Å². The van der Waals surface area contributed by atoms with Gasteiger partial charge in [0.2, 0.25) is 5.91 Å². The van der Waals surface area contributed by atoms with Gasteiger partial charge in [-0.2, -0.15) is 0 Å². The molecular formula is C23H31NO. The Hall–Kier alpha value is -2.09. The van der Waals surface area contributed by atoms with Crippen LogP contribution in [-0.4, -0.2) is 5.91 Å². The lowest BCUT2D eigenvalue weighted by Gasteiger charge is -2.05. The zero-order valence-electron chi connectivity index (χ0n) is 15.3. The third kappa shape index (κ3) is 9.09. The van der Waals surface area contributed by atoms with Crippen LogP contribution in [0.25, 0.3) is 0 Å². The van der Waals surface area contributed by atoms with E-state index in [1.165, 1.54) is 44.1 Å². The van der Waals surface area contributed by atoms with Crippen LogP contribution in [0.3, 0.4) is 0 Å². The number of carbonyl (C=O) groups is 1. The van der Waals surface area contributed by atoms with E-state index >= 15 is 0 Å². The average molecular weight is 338 g/mol. The summed E-state index contributed by atoms with van der Waals surface area (Å²) in [7, 11) is 0. The number of amides is 1. The number of hydrogen-bond donors (Lipinski definition) is 1. The molecule has 0 atom stereocenters. The highest BCUT2D eigenvalue weighted by Crippen LogP contribution is 2.11. The van der Waals surface area contributed by atoms with Gasteiger partial charge in [-0.3, -0.25) is 4.79 Å². The highest BCUT2D eigenvalue weighted by Gasteiger charge is 2.01. The summed E-state index contributed by atoms with van der Waals surface area (Å²) in [4.78, 5) is 11.8. The largest absolute Gasteiger partial charge is 0.352 e. The number of carbonyl (C=O) groups excluding carboxylic acids is 1. The molecule has 0 saturated heterocycles. The lowest BCUT2D eigenvalue weighted by Crippen LogP contribution is -2.22. The van der Waals surface area contributed by atoms with Gasteiger partial charge >= 0.3 is 0 Å². The van der Waals surface area contributed by atoms with Crippen molar-refractivity contribution in [2.24, 2.45) is 0 Å². The van der Waals surface area contributed by atoms with Gasteiger partial charge in [0.15, 0.2) is 0 Å². The van der Waals surface area contributed by atoms with Crippen molar-refractivity contribution in [3.63, 3.8) is 0 Å². The Kier molecular flexibility index (Phi) is 9.46. The van der Waals surface area contributed by atoms with Crippen molar-refractivity contribution in [1.82, 2.24) is 5.32 Å². The van der Waals surface area contributed by atoms with Gasteiger partial charge < -0.3 is 5.32 Å². The molecule has 1 amide bonds. The predicted octanol–water partition coefficient (Wildman–Crippen LogP) is 5.67. The highest BCUT2D eigenvalue weighted by atomic mass is 16.1. The molecule has 2 aromatic carbocycles. The molecule has 2 rings (SSSR count). The highest BCUT2D eigenvalue weighted by molar-refractivity contribution is 5.75. The Balaban J connectivity index is 1.38. The number of nitrogens with one attached hydrogen (secondary N) is 1. The smallest absolute Gasteiger partial charge is 0.220 e. The summed E-state index contributed by atoms with van der Waals surface area (Å²) in [5, 5.41) is 2.99. The van der Waals surface area contributed by atoms with Gasteiger partial charge in [0.1, 0.15) is 0 Å². The van der Waals surface area contributed by atoms with E-state index < -0.39 is 0 Å². The molecule has 0 saturated carbocycles. The molecule has 134 valence electrons. The fourth-order valence-corrected chi connectivity index (χ4v) is 3.03. The first-order valence-electron chi connectivity index (χ1n) is 9.69. The molecule has 1 N–H and O–H groups in total. The Morgan fingerprint density at radius 2 is 1.16 bits per heavy atom. The van der Waals surface area contributed by atoms with Crippen LogP contribution >= 0.6 is 0 Å². The lowest BCUT2D eigenvalue weighted by atomic mass is 10.0. The molecule has 2 heteroatoms. The van der Waals surface area contributed by atoms with Crippen molar-refractivity contribution in [2.45, 2.75) is 64.3 Å². The molecule has 0 aliphatic rings. The number of hydrogen-bond acceptors (Lipinski definition) is 1. The second-order valence-corrected chi connectivity index (χ2v) is 6.72. The van der Waals surface area contributed by atoms with Gasteiger partial charge in [-0.25, -0.2) is 0 Å². The Bertz CT molecular complexity index is 580. The molecule has 0 fully saturated rings. The van der Waals surface area contributed by atoms with Crippen LogP contribution in [0.2, 0.25) is 0 Å². The maximum absolute atomic E-state index is 11.8. The summed E-state index contributed by atoms with van der Waals surface area (Å²) in [6, 6.07) is 20.8. The minimum absolute atomic E-state index is 0.173. The third-order valence-corrected chi connectivity index (χ3v) is 4.54. The molecular weight excluding hydrogens is 306 g/mol. The van der Waals surface area contributed by atoms with Gasteiger partial charge in [0, 0.05) is 13.0 Å². The van der Waals surface area contributed by atoms with Crippen molar-refractivity contribution in [1.29, 1.82) is 0 Å². The van der Waals surface area contributed by atoms with Gasteiger partial charge in [-0.05, 0) is 30.4 Å². The van der Waals surface area contributed by atoms with Crippen LogP contribution in [0.1, 0.15) is 62.5 Å². The SMILES string of the molecule is O=C(CCCCCCCCCc1ccccc1)NCc1ccccc1. The van der Waals surface area contributed by atoms with Crippen molar-refractivity contribution in [2.75, 3.05) is 0 Å². The normalized spacial score (nSPS) is 10.6. The topological polar surface area (TPSA) is 29.1 Å². The van der Waals surface area contributed by atoms with Gasteiger partial charge in [-0.15, -0.1) is 0 Å². The standard InChI is InChI=1S/C23H31NO/c25-23(24-20-22-17-11-7-12-18-22)19-13-5-3-1-2-4-8-14-21-15-9-6-10-16-21/h6-7,9-12,15-18H,1-5,8,13-14,19-20H2,(H,24,25). The van der Waals surface area contributed by atoms with E-state index in [9.17, 15) is 4.79 Å². The second kappa shape index (κ2) is 12.3. The van der Waals surface area contributed by atoms with E-state index in [0.717, 1.165) is 18.4 Å². The first kappa shape index (κ1) is 19.2. The number of benzene rings is 2. The van der Waals surface area contributed by atoms with E-state index in [1.807, 2.05) is 30.3 Å². The van der Waals surface area contributed by atoms with E-state index in [4.69, 9.17) is 0 Å². The van der Waals surface area contributed by atoms with Crippen LogP contribution in [0, 0.1) is 0 Å². The maximum Gasteiger partial charge on any atom is 0.220 e. The van der Waals surface area contributed by atoms with Crippen LogP contribution in [0.5, 0.6) is 0 Å². The number of aryl methyl sites for hydroxylation is 1. The Labute approximate surface area is 152 Å². The number of rotatable bonds is 12. The van der Waals surface area contributed by atoms with E-state index in [0.29, 0.717) is 13.0 Å². The maximum atomic E-state index is 11.8. The van der Waals surface area contributed by atoms with Crippen LogP contribution in [-0.2, 0) is 17.8 Å². The Morgan fingerprint density at radius 3 is 1.80 bits per heavy atom. The second-order valence-electron chi connectivity index (χ2n) is 6.72. The minimum Gasteiger partial charge on any atom is -0.352 e. The third-order valence-electron chi connectivity index (χ3n) is 4.54. The molecule has 0 unspecified atom stereocenters. The van der Waals surface area contributed by atoms with E-state index in [-0.39, 0.29) is 5.91 Å². The first-order valence-corrected chi connectivity index (χ1v) is 9.69. The van der Waals surface area contributed by atoms with Gasteiger partial charge in [-0.1, -0.05) is 92.8 Å². The van der Waals surface area contributed by atoms with E-state index in [2.05, 4.69) is 35.6 Å². The molecule has 0 aromatic heterocycles. The fourth-order valence-electron chi connectivity index (χ4n) is 3.03. The minimum atomic E-state index is 0.173. The zero-order chi connectivity index (χ0) is 17.6. The summed E-state index contributed by atoms with van der Waals surface area (Å²) in [6.45, 7) is 0.640. The molecule has 0 aliphatic carbocycles. The van der Waals surface area contributed by atoms with Crippen molar-refractivity contribution in [3.8, 4) is 0 Å². The fraction of sp³-hybridized carbons (Fsp3) is 0.435. The summed E-state index contributed by atoms with van der Waals surface area (Å²) in [5.41, 5.74) is 2.61. The summed E-state index contributed by atoms with van der Waals surface area (Å²) in [6.07, 6.45) is 10.5. The monoisotopic (exact) mass is 337 g/mol. The summed E-state index contributed by atoms with van der Waals surface area (Å²) in [5.74, 6) is 0.173. The Morgan fingerprint density at radius 1 is 0.640 bits per heavy atom. The molecule has 2 nitrogen and oxygen atoms in total. The molecule has 0 heterocycles. The molecule has 0 aliphatic heterocycles. The molecule has 0 radical (unpaired) electrons. The number of unbranched alkanes of at least 4 members (excludes halogenated alkanes) is 6. The van der Waals surface area contributed by atoms with Crippen LogP contribution < -0.4 is 5.32 Å². The quantitative estimate of drug-likeness (QED) is 0.497. The molecule has 0 bridgehead atoms. The molecule has 2 aromatic rings. The van der Waals surface area contributed by atoms with Crippen molar-refractivity contribution in [3.05, 3.63) is 71.8 Å². The van der Waals surface area contributed by atoms with E-state index in [1.54, 1.807) is 0 Å². The molecule has 25 heavy (non-hydrogen) atoms. The summed E-state index contributed by atoms with van der Waals surface area (Å²) >= 11 is 0. The van der Waals surface area contributed by atoms with Crippen molar-refractivity contribution < 1.29 is 4.79 Å². The van der Waals surface area contributed by atoms with Crippen LogP contribution in [0.15, 0.2) is 60.7 Å². The van der Waals surface area contributed by atoms with Crippen molar-refractivity contribution >= 4 is 5.91 Å². The van der Waals surface area contributed by atoms with Gasteiger partial charge in [0.05, 0.1) is 0 Å². The average Bonchev–Trinajstić information content (AvgIpc) is 2.66. The zero-order valence-corrected chi connectivity index (χ0v) is 15.3. The molecule has 0 spiro atoms. The van der Waals surface area contributed by atoms with Gasteiger partial charge in [0.25, 0.3) is 0 Å². The summed E-state index contributed by atoms with van der Waals surface area (Å²) < 4.78 is 0. The first-order chi connectivity index (χ1) is 12.3. The predicted molar refractivity (Wildman–Crippen MR) is 105 cm³/mol.